The first-order valence-electron chi connectivity index (χ1n) is 6.57. The van der Waals surface area contributed by atoms with Crippen molar-refractivity contribution >= 4 is 17.3 Å². The van der Waals surface area contributed by atoms with Crippen LogP contribution >= 0.6 is 11.6 Å². The molecule has 2 rings (SSSR count). The minimum absolute atomic E-state index is 0.0287. The zero-order chi connectivity index (χ0) is 14.8. The van der Waals surface area contributed by atoms with Crippen LogP contribution in [0, 0.1) is 5.92 Å². The van der Waals surface area contributed by atoms with Crippen molar-refractivity contribution in [2.24, 2.45) is 5.92 Å². The quantitative estimate of drug-likeness (QED) is 0.859. The van der Waals surface area contributed by atoms with E-state index in [0.29, 0.717) is 23.6 Å². The van der Waals surface area contributed by atoms with E-state index in [1.54, 1.807) is 25.3 Å². The monoisotopic (exact) mass is 307 g/mol. The summed E-state index contributed by atoms with van der Waals surface area (Å²) in [5.74, 6) is -0.519. The van der Waals surface area contributed by atoms with Gasteiger partial charge < -0.3 is 10.1 Å². The third kappa shape index (κ3) is 3.72. The molecule has 0 saturated heterocycles. The summed E-state index contributed by atoms with van der Waals surface area (Å²) in [6.45, 7) is 0. The lowest BCUT2D eigenvalue weighted by atomic mass is 9.85. The van der Waals surface area contributed by atoms with Crippen LogP contribution in [0.1, 0.15) is 25.7 Å². The van der Waals surface area contributed by atoms with E-state index in [2.05, 4.69) is 5.32 Å². The van der Waals surface area contributed by atoms with Crippen LogP contribution in [-0.4, -0.2) is 19.3 Å². The summed E-state index contributed by atoms with van der Waals surface area (Å²) >= 11 is 5.93. The molecule has 1 aromatic carbocycles. The van der Waals surface area contributed by atoms with Crippen molar-refractivity contribution in [3.05, 3.63) is 23.2 Å². The molecule has 2 nitrogen and oxygen atoms in total. The smallest absolute Gasteiger partial charge is 0.391 e. The van der Waals surface area contributed by atoms with Gasteiger partial charge in [-0.05, 0) is 43.9 Å². The van der Waals surface area contributed by atoms with E-state index >= 15 is 0 Å². The van der Waals surface area contributed by atoms with Crippen LogP contribution < -0.4 is 10.1 Å². The van der Waals surface area contributed by atoms with E-state index in [-0.39, 0.29) is 18.9 Å². The van der Waals surface area contributed by atoms with Gasteiger partial charge in [0.05, 0.1) is 18.7 Å². The summed E-state index contributed by atoms with van der Waals surface area (Å²) in [5.41, 5.74) is 0.732. The van der Waals surface area contributed by atoms with Gasteiger partial charge in [0.2, 0.25) is 0 Å². The predicted molar refractivity (Wildman–Crippen MR) is 73.4 cm³/mol. The molecule has 0 spiro atoms. The number of alkyl halides is 3. The van der Waals surface area contributed by atoms with Crippen molar-refractivity contribution in [2.75, 3.05) is 12.4 Å². The molecule has 0 radical (unpaired) electrons. The molecule has 1 aromatic rings. The highest BCUT2D eigenvalue weighted by Crippen LogP contribution is 2.39. The fraction of sp³-hybridized carbons (Fsp3) is 0.571. The van der Waals surface area contributed by atoms with Gasteiger partial charge in [-0.1, -0.05) is 11.6 Å². The van der Waals surface area contributed by atoms with E-state index in [1.165, 1.54) is 0 Å². The summed E-state index contributed by atoms with van der Waals surface area (Å²) in [7, 11) is 1.55. The average molecular weight is 308 g/mol. The molecule has 1 fully saturated rings. The molecule has 0 amide bonds. The van der Waals surface area contributed by atoms with Crippen LogP contribution in [0.2, 0.25) is 5.02 Å². The standard InChI is InChI=1S/C14H17ClF3NO/c1-20-13-7-4-10(15)8-12(13)19-11-5-2-9(3-6-11)14(16,17)18/h4,7-9,11,19H,2-3,5-6H2,1H3. The van der Waals surface area contributed by atoms with Crippen LogP contribution in [0.25, 0.3) is 0 Å². The SMILES string of the molecule is COc1ccc(Cl)cc1NC1CCC(C(F)(F)F)CC1. The minimum Gasteiger partial charge on any atom is -0.495 e. The highest BCUT2D eigenvalue weighted by molar-refractivity contribution is 6.30. The molecule has 1 saturated carbocycles. The number of benzene rings is 1. The zero-order valence-corrected chi connectivity index (χ0v) is 11.9. The van der Waals surface area contributed by atoms with Gasteiger partial charge in [0.25, 0.3) is 0 Å². The number of rotatable bonds is 3. The van der Waals surface area contributed by atoms with Crippen molar-refractivity contribution in [1.29, 1.82) is 0 Å². The van der Waals surface area contributed by atoms with Crippen molar-refractivity contribution in [3.8, 4) is 5.75 Å². The van der Waals surface area contributed by atoms with Gasteiger partial charge in [-0.3, -0.25) is 0 Å². The molecule has 0 heterocycles. The summed E-state index contributed by atoms with van der Waals surface area (Å²) in [4.78, 5) is 0. The molecule has 112 valence electrons. The first-order valence-corrected chi connectivity index (χ1v) is 6.94. The Kier molecular flexibility index (Phi) is 4.68. The molecule has 0 aromatic heterocycles. The van der Waals surface area contributed by atoms with E-state index in [4.69, 9.17) is 16.3 Å². The predicted octanol–water partition coefficient (Wildman–Crippen LogP) is 4.88. The highest BCUT2D eigenvalue weighted by Gasteiger charge is 2.41. The maximum absolute atomic E-state index is 12.6. The molecule has 0 atom stereocenters. The van der Waals surface area contributed by atoms with Crippen molar-refractivity contribution in [3.63, 3.8) is 0 Å². The maximum Gasteiger partial charge on any atom is 0.391 e. The Labute approximate surface area is 121 Å². The minimum atomic E-state index is -4.07. The van der Waals surface area contributed by atoms with Crippen LogP contribution in [-0.2, 0) is 0 Å². The highest BCUT2D eigenvalue weighted by atomic mass is 35.5. The number of ether oxygens (including phenoxy) is 1. The number of halogens is 4. The Morgan fingerprint density at radius 2 is 1.85 bits per heavy atom. The number of methoxy groups -OCH3 is 1. The lowest BCUT2D eigenvalue weighted by molar-refractivity contribution is -0.182. The van der Waals surface area contributed by atoms with Crippen molar-refractivity contribution < 1.29 is 17.9 Å². The Bertz CT molecular complexity index is 456. The van der Waals surface area contributed by atoms with Crippen molar-refractivity contribution in [2.45, 2.75) is 37.9 Å². The van der Waals surface area contributed by atoms with Crippen LogP contribution in [0.5, 0.6) is 5.75 Å². The fourth-order valence-corrected chi connectivity index (χ4v) is 2.75. The summed E-state index contributed by atoms with van der Waals surface area (Å²) in [6.07, 6.45) is -2.73. The first-order chi connectivity index (χ1) is 9.40. The molecule has 1 N–H and O–H groups in total. The van der Waals surface area contributed by atoms with Gasteiger partial charge in [-0.25, -0.2) is 0 Å². The normalized spacial score (nSPS) is 23.4. The molecule has 1 aliphatic carbocycles. The molecule has 20 heavy (non-hydrogen) atoms. The Hall–Kier alpha value is -1.10. The van der Waals surface area contributed by atoms with Gasteiger partial charge in [0, 0.05) is 11.1 Å². The number of hydrogen-bond acceptors (Lipinski definition) is 2. The molecule has 0 unspecified atom stereocenters. The zero-order valence-electron chi connectivity index (χ0n) is 11.1. The molecule has 1 aliphatic rings. The first kappa shape index (κ1) is 15.3. The maximum atomic E-state index is 12.6. The fourth-order valence-electron chi connectivity index (χ4n) is 2.58. The van der Waals surface area contributed by atoms with Crippen LogP contribution in [0.4, 0.5) is 18.9 Å². The van der Waals surface area contributed by atoms with Crippen LogP contribution in [0.15, 0.2) is 18.2 Å². The van der Waals surface area contributed by atoms with Gasteiger partial charge in [0.1, 0.15) is 5.75 Å². The molecule has 6 heteroatoms. The average Bonchev–Trinajstić information content (AvgIpc) is 2.38. The number of nitrogens with one attached hydrogen (secondary N) is 1. The second kappa shape index (κ2) is 6.12. The summed E-state index contributed by atoms with van der Waals surface area (Å²) < 4.78 is 43.0. The largest absolute Gasteiger partial charge is 0.495 e. The van der Waals surface area contributed by atoms with E-state index in [1.807, 2.05) is 0 Å². The van der Waals surface area contributed by atoms with Crippen LogP contribution in [0.3, 0.4) is 0 Å². The second-order valence-electron chi connectivity index (χ2n) is 5.08. The van der Waals surface area contributed by atoms with E-state index < -0.39 is 12.1 Å². The van der Waals surface area contributed by atoms with E-state index in [0.717, 1.165) is 5.69 Å². The third-order valence-electron chi connectivity index (χ3n) is 3.71. The summed E-state index contributed by atoms with van der Waals surface area (Å²) in [6, 6.07) is 5.22. The molecule has 0 aliphatic heterocycles. The number of hydrogen-bond donors (Lipinski definition) is 1. The van der Waals surface area contributed by atoms with Gasteiger partial charge in [0.15, 0.2) is 0 Å². The molecular weight excluding hydrogens is 291 g/mol. The second-order valence-corrected chi connectivity index (χ2v) is 5.52. The molecule has 0 bridgehead atoms. The topological polar surface area (TPSA) is 21.3 Å². The Balaban J connectivity index is 1.97. The lowest BCUT2D eigenvalue weighted by Crippen LogP contribution is -2.32. The summed E-state index contributed by atoms with van der Waals surface area (Å²) in [5, 5.41) is 3.80. The lowest BCUT2D eigenvalue weighted by Gasteiger charge is -2.31. The van der Waals surface area contributed by atoms with Crippen molar-refractivity contribution in [1.82, 2.24) is 0 Å². The third-order valence-corrected chi connectivity index (χ3v) is 3.95. The Morgan fingerprint density at radius 1 is 1.20 bits per heavy atom. The van der Waals surface area contributed by atoms with E-state index in [9.17, 15) is 13.2 Å². The van der Waals surface area contributed by atoms with Gasteiger partial charge >= 0.3 is 6.18 Å². The van der Waals surface area contributed by atoms with Gasteiger partial charge in [-0.15, -0.1) is 0 Å². The van der Waals surface area contributed by atoms with Gasteiger partial charge in [-0.2, -0.15) is 13.2 Å². The Morgan fingerprint density at radius 3 is 2.40 bits per heavy atom. The molecular formula is C14H17ClF3NO. The number of anilines is 1.